The van der Waals surface area contributed by atoms with Crippen LogP contribution < -0.4 is 20.6 Å². The molecular formula is C18H18F3N3O3. The Kier molecular flexibility index (Phi) is 6.64. The molecule has 6 nitrogen and oxygen atoms in total. The Morgan fingerprint density at radius 3 is 2.63 bits per heavy atom. The first-order chi connectivity index (χ1) is 12.8. The first-order valence-corrected chi connectivity index (χ1v) is 7.93. The monoisotopic (exact) mass is 381 g/mol. The highest BCUT2D eigenvalue weighted by atomic mass is 19.4. The maximum Gasteiger partial charge on any atom is 0.416 e. The van der Waals surface area contributed by atoms with Gasteiger partial charge in [-0.15, -0.1) is 0 Å². The maximum absolute atomic E-state index is 12.7. The summed E-state index contributed by atoms with van der Waals surface area (Å²) in [6.07, 6.45) is -3.06. The van der Waals surface area contributed by atoms with E-state index in [1.165, 1.54) is 18.3 Å². The fraction of sp³-hybridized carbons (Fsp3) is 0.222. The quantitative estimate of drug-likeness (QED) is 0.437. The van der Waals surface area contributed by atoms with Crippen molar-refractivity contribution in [2.75, 3.05) is 18.5 Å². The first kappa shape index (κ1) is 20.1. The first-order valence-electron chi connectivity index (χ1n) is 7.93. The predicted octanol–water partition coefficient (Wildman–Crippen LogP) is 3.41. The standard InChI is InChI=1S/C18H18F3N3O3/c1-2-26-16-8-12(10-23-22)6-7-15(16)27-11-17(25)24-14-5-3-4-13(9-14)18(19,20)21/h3-10H,2,11,22H2,1H3,(H,24,25)/b23-10-. The third kappa shape index (κ3) is 5.91. The highest BCUT2D eigenvalue weighted by molar-refractivity contribution is 5.92. The van der Waals surface area contributed by atoms with E-state index in [9.17, 15) is 18.0 Å². The van der Waals surface area contributed by atoms with Gasteiger partial charge in [0.15, 0.2) is 18.1 Å². The number of anilines is 1. The molecule has 2 aromatic rings. The van der Waals surface area contributed by atoms with Crippen LogP contribution in [0.4, 0.5) is 18.9 Å². The van der Waals surface area contributed by atoms with Crippen LogP contribution in [-0.2, 0) is 11.0 Å². The lowest BCUT2D eigenvalue weighted by Crippen LogP contribution is -2.20. The number of benzene rings is 2. The molecule has 0 saturated carbocycles. The largest absolute Gasteiger partial charge is 0.490 e. The van der Waals surface area contributed by atoms with Crippen LogP contribution in [-0.4, -0.2) is 25.3 Å². The van der Waals surface area contributed by atoms with E-state index in [-0.39, 0.29) is 5.69 Å². The van der Waals surface area contributed by atoms with Crippen LogP contribution in [0.5, 0.6) is 11.5 Å². The minimum atomic E-state index is -4.49. The number of halogens is 3. The number of rotatable bonds is 7. The Morgan fingerprint density at radius 2 is 1.96 bits per heavy atom. The second kappa shape index (κ2) is 8.93. The molecular weight excluding hydrogens is 363 g/mol. The molecule has 1 amide bonds. The lowest BCUT2D eigenvalue weighted by Gasteiger charge is -2.13. The molecule has 0 aromatic heterocycles. The molecule has 0 heterocycles. The van der Waals surface area contributed by atoms with Crippen molar-refractivity contribution in [3.63, 3.8) is 0 Å². The number of carbonyl (C=O) groups is 1. The molecule has 0 atom stereocenters. The van der Waals surface area contributed by atoms with Crippen LogP contribution in [0.25, 0.3) is 0 Å². The lowest BCUT2D eigenvalue weighted by molar-refractivity contribution is -0.137. The molecule has 3 N–H and O–H groups in total. The second-order valence-corrected chi connectivity index (χ2v) is 5.33. The van der Waals surface area contributed by atoms with E-state index in [2.05, 4.69) is 10.4 Å². The molecule has 9 heteroatoms. The minimum Gasteiger partial charge on any atom is -0.490 e. The second-order valence-electron chi connectivity index (χ2n) is 5.33. The predicted molar refractivity (Wildman–Crippen MR) is 95.0 cm³/mol. The average molecular weight is 381 g/mol. The molecule has 0 aliphatic heterocycles. The van der Waals surface area contributed by atoms with E-state index in [0.717, 1.165) is 12.1 Å². The van der Waals surface area contributed by atoms with Crippen LogP contribution >= 0.6 is 0 Å². The van der Waals surface area contributed by atoms with Crippen molar-refractivity contribution in [2.45, 2.75) is 13.1 Å². The third-order valence-corrected chi connectivity index (χ3v) is 3.32. The van der Waals surface area contributed by atoms with Crippen molar-refractivity contribution in [1.82, 2.24) is 0 Å². The summed E-state index contributed by atoms with van der Waals surface area (Å²) in [6, 6.07) is 9.24. The Bertz CT molecular complexity index is 823. The van der Waals surface area contributed by atoms with E-state index < -0.39 is 24.3 Å². The van der Waals surface area contributed by atoms with Crippen molar-refractivity contribution in [2.24, 2.45) is 10.9 Å². The Balaban J connectivity index is 2.03. The van der Waals surface area contributed by atoms with Gasteiger partial charge in [0, 0.05) is 5.69 Å². The zero-order valence-electron chi connectivity index (χ0n) is 14.4. The van der Waals surface area contributed by atoms with Gasteiger partial charge in [0.1, 0.15) is 0 Å². The fourth-order valence-corrected chi connectivity index (χ4v) is 2.19. The third-order valence-electron chi connectivity index (χ3n) is 3.32. The molecule has 144 valence electrons. The normalized spacial score (nSPS) is 11.4. The lowest BCUT2D eigenvalue weighted by atomic mass is 10.2. The van der Waals surface area contributed by atoms with Gasteiger partial charge in [-0.05, 0) is 48.9 Å². The molecule has 27 heavy (non-hydrogen) atoms. The number of amides is 1. The van der Waals surface area contributed by atoms with E-state index >= 15 is 0 Å². The summed E-state index contributed by atoms with van der Waals surface area (Å²) in [5.74, 6) is 5.20. The van der Waals surface area contributed by atoms with Crippen LogP contribution in [0.2, 0.25) is 0 Å². The summed E-state index contributed by atoms with van der Waals surface area (Å²) in [6.45, 7) is 1.75. The van der Waals surface area contributed by atoms with E-state index in [0.29, 0.717) is 23.7 Å². The highest BCUT2D eigenvalue weighted by Gasteiger charge is 2.30. The summed E-state index contributed by atoms with van der Waals surface area (Å²) in [5.41, 5.74) is -0.142. The van der Waals surface area contributed by atoms with Gasteiger partial charge in [-0.3, -0.25) is 4.79 Å². The van der Waals surface area contributed by atoms with Crippen molar-refractivity contribution in [1.29, 1.82) is 0 Å². The number of carbonyl (C=O) groups excluding carboxylic acids is 1. The molecule has 2 aromatic carbocycles. The van der Waals surface area contributed by atoms with E-state index in [1.807, 2.05) is 0 Å². The van der Waals surface area contributed by atoms with E-state index in [4.69, 9.17) is 15.3 Å². The zero-order valence-corrected chi connectivity index (χ0v) is 14.4. The topological polar surface area (TPSA) is 85.9 Å². The summed E-state index contributed by atoms with van der Waals surface area (Å²) < 4.78 is 49.0. The molecule has 0 aliphatic carbocycles. The molecule has 2 rings (SSSR count). The average Bonchev–Trinajstić information content (AvgIpc) is 2.61. The van der Waals surface area contributed by atoms with Crippen molar-refractivity contribution >= 4 is 17.8 Å². The number of hydrogen-bond donors (Lipinski definition) is 2. The number of nitrogens with two attached hydrogens (primary N) is 1. The summed E-state index contributed by atoms with van der Waals surface area (Å²) in [4.78, 5) is 12.0. The summed E-state index contributed by atoms with van der Waals surface area (Å²) in [5, 5.41) is 5.78. The molecule has 0 aliphatic rings. The molecule has 0 fully saturated rings. The maximum atomic E-state index is 12.7. The summed E-state index contributed by atoms with van der Waals surface area (Å²) >= 11 is 0. The smallest absolute Gasteiger partial charge is 0.416 e. The van der Waals surface area contributed by atoms with Gasteiger partial charge in [0.05, 0.1) is 18.4 Å². The SMILES string of the molecule is CCOc1cc(/C=N\N)ccc1OCC(=O)Nc1cccc(C(F)(F)F)c1. The van der Waals surface area contributed by atoms with Crippen LogP contribution in [0.1, 0.15) is 18.1 Å². The van der Waals surface area contributed by atoms with Crippen molar-refractivity contribution in [3.8, 4) is 11.5 Å². The van der Waals surface area contributed by atoms with Gasteiger partial charge in [0.2, 0.25) is 0 Å². The number of ether oxygens (including phenoxy) is 2. The van der Waals surface area contributed by atoms with Crippen molar-refractivity contribution in [3.05, 3.63) is 53.6 Å². The molecule has 0 saturated heterocycles. The molecule has 0 bridgehead atoms. The Morgan fingerprint density at radius 1 is 1.19 bits per heavy atom. The van der Waals surface area contributed by atoms with E-state index in [1.54, 1.807) is 25.1 Å². The van der Waals surface area contributed by atoms with Gasteiger partial charge >= 0.3 is 6.18 Å². The molecule has 0 spiro atoms. The summed E-state index contributed by atoms with van der Waals surface area (Å²) in [7, 11) is 0. The number of alkyl halides is 3. The highest BCUT2D eigenvalue weighted by Crippen LogP contribution is 2.31. The molecule has 0 unspecified atom stereocenters. The minimum absolute atomic E-state index is 0.0259. The number of nitrogens with zero attached hydrogens (tertiary/aromatic N) is 1. The zero-order chi connectivity index (χ0) is 19.9. The van der Waals surface area contributed by atoms with Crippen LogP contribution in [0.3, 0.4) is 0 Å². The van der Waals surface area contributed by atoms with Gasteiger partial charge in [0.25, 0.3) is 5.91 Å². The number of hydrazone groups is 1. The van der Waals surface area contributed by atoms with Crippen molar-refractivity contribution < 1.29 is 27.4 Å². The van der Waals surface area contributed by atoms with Gasteiger partial charge in [-0.1, -0.05) is 6.07 Å². The van der Waals surface area contributed by atoms with Crippen LogP contribution in [0.15, 0.2) is 47.6 Å². The van der Waals surface area contributed by atoms with Gasteiger partial charge in [-0.2, -0.15) is 18.3 Å². The Hall–Kier alpha value is -3.23. The van der Waals surface area contributed by atoms with Gasteiger partial charge in [-0.25, -0.2) is 0 Å². The number of nitrogens with one attached hydrogen (secondary N) is 1. The molecule has 0 radical (unpaired) electrons. The Labute approximate surface area is 153 Å². The number of hydrogen-bond acceptors (Lipinski definition) is 5. The fourth-order valence-electron chi connectivity index (χ4n) is 2.19. The van der Waals surface area contributed by atoms with Crippen LogP contribution in [0, 0.1) is 0 Å². The van der Waals surface area contributed by atoms with Gasteiger partial charge < -0.3 is 20.6 Å².